The number of unbranched alkanes of at least 4 members (excludes halogenated alkanes) is 4. The second kappa shape index (κ2) is 14.4. The van der Waals surface area contributed by atoms with Crippen LogP contribution in [0.1, 0.15) is 71.6 Å². The Balaban J connectivity index is 3.94. The fraction of sp³-hybridized carbons (Fsp3) is 0.667. The summed E-state index contributed by atoms with van der Waals surface area (Å²) in [5.74, 6) is -1.00. The van der Waals surface area contributed by atoms with E-state index in [1.165, 1.54) is 6.92 Å². The van der Waals surface area contributed by atoms with E-state index in [4.69, 9.17) is 9.84 Å². The number of hydrogen-bond acceptors (Lipinski definition) is 3. The van der Waals surface area contributed by atoms with E-state index in [9.17, 15) is 9.59 Å². The predicted molar refractivity (Wildman–Crippen MR) is 88.7 cm³/mol. The minimum absolute atomic E-state index is 0.170. The van der Waals surface area contributed by atoms with Gasteiger partial charge in [0.2, 0.25) is 0 Å². The Kier molecular flexibility index (Phi) is 13.3. The molecule has 0 aromatic heterocycles. The first-order chi connectivity index (χ1) is 10.6. The van der Waals surface area contributed by atoms with Crippen molar-refractivity contribution >= 4 is 11.9 Å². The Hall–Kier alpha value is -1.58. The highest BCUT2D eigenvalue weighted by molar-refractivity contribution is 5.66. The number of esters is 1. The fourth-order valence-electron chi connectivity index (χ4n) is 2.07. The molecular weight excluding hydrogens is 280 g/mol. The number of carboxylic acids is 1. The van der Waals surface area contributed by atoms with Crippen molar-refractivity contribution in [2.24, 2.45) is 0 Å². The molecule has 126 valence electrons. The van der Waals surface area contributed by atoms with Gasteiger partial charge in [0.05, 0.1) is 0 Å². The fourth-order valence-corrected chi connectivity index (χ4v) is 2.07. The quantitative estimate of drug-likeness (QED) is 0.305. The topological polar surface area (TPSA) is 63.6 Å². The summed E-state index contributed by atoms with van der Waals surface area (Å²) >= 11 is 0. The van der Waals surface area contributed by atoms with Gasteiger partial charge in [0, 0.05) is 13.3 Å². The van der Waals surface area contributed by atoms with Gasteiger partial charge in [-0.3, -0.25) is 9.59 Å². The molecule has 0 saturated carbocycles. The average Bonchev–Trinajstić information content (AvgIpc) is 2.45. The first-order valence-corrected chi connectivity index (χ1v) is 8.27. The second-order valence-electron chi connectivity index (χ2n) is 5.42. The summed E-state index contributed by atoms with van der Waals surface area (Å²) in [7, 11) is 0. The summed E-state index contributed by atoms with van der Waals surface area (Å²) in [5, 5.41) is 8.56. The molecule has 0 amide bonds. The van der Waals surface area contributed by atoms with Gasteiger partial charge >= 0.3 is 11.9 Å². The first kappa shape index (κ1) is 20.4. The van der Waals surface area contributed by atoms with Crippen molar-refractivity contribution in [3.63, 3.8) is 0 Å². The largest absolute Gasteiger partial charge is 0.481 e. The van der Waals surface area contributed by atoms with Crippen LogP contribution in [0.5, 0.6) is 0 Å². The molecule has 0 aromatic rings. The normalized spacial score (nSPS) is 12.8. The Morgan fingerprint density at radius 1 is 1.09 bits per heavy atom. The van der Waals surface area contributed by atoms with Gasteiger partial charge < -0.3 is 9.84 Å². The molecule has 0 radical (unpaired) electrons. The monoisotopic (exact) mass is 310 g/mol. The number of hydrogen-bond donors (Lipinski definition) is 1. The van der Waals surface area contributed by atoms with Crippen LogP contribution in [0.3, 0.4) is 0 Å². The summed E-state index contributed by atoms with van der Waals surface area (Å²) in [4.78, 5) is 21.5. The number of aliphatic carboxylic acids is 1. The van der Waals surface area contributed by atoms with Crippen LogP contribution in [-0.2, 0) is 14.3 Å². The van der Waals surface area contributed by atoms with Crippen molar-refractivity contribution in [3.05, 3.63) is 24.3 Å². The number of carbonyl (C=O) groups excluding carboxylic acids is 1. The van der Waals surface area contributed by atoms with E-state index in [0.717, 1.165) is 44.9 Å². The molecule has 0 aliphatic carbocycles. The van der Waals surface area contributed by atoms with Crippen molar-refractivity contribution in [1.29, 1.82) is 0 Å². The number of carbonyl (C=O) groups is 2. The highest BCUT2D eigenvalue weighted by Crippen LogP contribution is 2.11. The summed E-state index contributed by atoms with van der Waals surface area (Å²) in [6.45, 7) is 3.57. The van der Waals surface area contributed by atoms with Gasteiger partial charge in [-0.2, -0.15) is 0 Å². The summed E-state index contributed by atoms with van der Waals surface area (Å²) in [6, 6.07) is 0. The molecule has 0 heterocycles. The Morgan fingerprint density at radius 2 is 1.82 bits per heavy atom. The van der Waals surface area contributed by atoms with Gasteiger partial charge in [-0.1, -0.05) is 44.4 Å². The third-order valence-electron chi connectivity index (χ3n) is 3.19. The molecule has 0 aliphatic heterocycles. The van der Waals surface area contributed by atoms with E-state index in [1.54, 1.807) is 0 Å². The standard InChI is InChI=1S/C18H30O4/c1-3-4-5-6-7-10-13-17(22-16(2)19)14-11-8-9-12-15-18(20)21/h5-6,10,13,17H,3-4,7-9,11-12,14-15H2,1-2H3,(H,20,21)/b6-5-,13-10-. The summed E-state index contributed by atoms with van der Waals surface area (Å²) < 4.78 is 5.28. The lowest BCUT2D eigenvalue weighted by Gasteiger charge is -2.12. The average molecular weight is 310 g/mol. The molecule has 4 nitrogen and oxygen atoms in total. The molecule has 0 fully saturated rings. The van der Waals surface area contributed by atoms with E-state index >= 15 is 0 Å². The van der Waals surface area contributed by atoms with Crippen LogP contribution in [0.2, 0.25) is 0 Å². The van der Waals surface area contributed by atoms with E-state index < -0.39 is 5.97 Å². The van der Waals surface area contributed by atoms with Crippen LogP contribution in [-0.4, -0.2) is 23.1 Å². The minimum Gasteiger partial charge on any atom is -0.481 e. The Labute approximate surface area is 134 Å². The third kappa shape index (κ3) is 14.8. The molecule has 0 aromatic carbocycles. The molecule has 1 atom stereocenters. The van der Waals surface area contributed by atoms with Crippen LogP contribution in [0.25, 0.3) is 0 Å². The minimum atomic E-state index is -0.739. The maximum atomic E-state index is 11.1. The lowest BCUT2D eigenvalue weighted by atomic mass is 10.1. The van der Waals surface area contributed by atoms with Gasteiger partial charge in [-0.05, 0) is 38.2 Å². The van der Waals surface area contributed by atoms with Crippen LogP contribution < -0.4 is 0 Å². The van der Waals surface area contributed by atoms with Gasteiger partial charge in [-0.15, -0.1) is 0 Å². The highest BCUT2D eigenvalue weighted by atomic mass is 16.5. The van der Waals surface area contributed by atoms with Gasteiger partial charge in [0.15, 0.2) is 0 Å². The molecule has 1 unspecified atom stereocenters. The third-order valence-corrected chi connectivity index (χ3v) is 3.19. The van der Waals surface area contributed by atoms with Crippen molar-refractivity contribution in [1.82, 2.24) is 0 Å². The van der Waals surface area contributed by atoms with E-state index in [2.05, 4.69) is 19.1 Å². The number of rotatable bonds is 13. The van der Waals surface area contributed by atoms with E-state index in [1.807, 2.05) is 12.2 Å². The van der Waals surface area contributed by atoms with Crippen molar-refractivity contribution in [2.75, 3.05) is 0 Å². The summed E-state index contributed by atoms with van der Waals surface area (Å²) in [5.41, 5.74) is 0. The Morgan fingerprint density at radius 3 is 2.45 bits per heavy atom. The van der Waals surface area contributed by atoms with Gasteiger partial charge in [-0.25, -0.2) is 0 Å². The molecule has 22 heavy (non-hydrogen) atoms. The van der Waals surface area contributed by atoms with Gasteiger partial charge in [0.25, 0.3) is 0 Å². The van der Waals surface area contributed by atoms with Crippen molar-refractivity contribution in [3.8, 4) is 0 Å². The molecule has 0 spiro atoms. The predicted octanol–water partition coefficient (Wildman–Crippen LogP) is 4.65. The lowest BCUT2D eigenvalue weighted by Crippen LogP contribution is -2.13. The smallest absolute Gasteiger partial charge is 0.303 e. The molecule has 1 N–H and O–H groups in total. The SMILES string of the molecule is CCC/C=C\C/C=C\C(CCCCCCC(=O)O)OC(C)=O. The van der Waals surface area contributed by atoms with Crippen molar-refractivity contribution in [2.45, 2.75) is 77.7 Å². The second-order valence-corrected chi connectivity index (χ2v) is 5.42. The Bertz CT molecular complexity index is 358. The van der Waals surface area contributed by atoms with E-state index in [-0.39, 0.29) is 18.5 Å². The molecule has 0 rings (SSSR count). The van der Waals surface area contributed by atoms with Crippen LogP contribution in [0.15, 0.2) is 24.3 Å². The van der Waals surface area contributed by atoms with E-state index in [0.29, 0.717) is 6.42 Å². The lowest BCUT2D eigenvalue weighted by molar-refractivity contribution is -0.144. The zero-order valence-electron chi connectivity index (χ0n) is 13.9. The molecular formula is C18H30O4. The molecule has 4 heteroatoms. The number of carboxylic acid groups (broad SMARTS) is 1. The molecule has 0 aliphatic rings. The van der Waals surface area contributed by atoms with Crippen LogP contribution in [0.4, 0.5) is 0 Å². The van der Waals surface area contributed by atoms with Gasteiger partial charge in [0.1, 0.15) is 6.10 Å². The zero-order chi connectivity index (χ0) is 16.6. The highest BCUT2D eigenvalue weighted by Gasteiger charge is 2.07. The van der Waals surface area contributed by atoms with Crippen LogP contribution >= 0.6 is 0 Å². The number of allylic oxidation sites excluding steroid dienone is 3. The first-order valence-electron chi connectivity index (χ1n) is 8.27. The molecule has 0 saturated heterocycles. The van der Waals surface area contributed by atoms with Crippen molar-refractivity contribution < 1.29 is 19.4 Å². The maximum absolute atomic E-state index is 11.1. The van der Waals surface area contributed by atoms with Crippen LogP contribution in [0, 0.1) is 0 Å². The number of ether oxygens (including phenoxy) is 1. The maximum Gasteiger partial charge on any atom is 0.303 e. The molecule has 0 bridgehead atoms. The zero-order valence-corrected chi connectivity index (χ0v) is 13.9. The summed E-state index contributed by atoms with van der Waals surface area (Å²) in [6.07, 6.45) is 15.8.